The maximum absolute atomic E-state index is 13.5. The van der Waals surface area contributed by atoms with Crippen LogP contribution in [-0.2, 0) is 16.1 Å². The number of fused-ring (bicyclic) bond motifs is 1. The summed E-state index contributed by atoms with van der Waals surface area (Å²) in [5.41, 5.74) is 0.331. The Labute approximate surface area is 147 Å². The minimum Gasteiger partial charge on any atom is -0.481 e. The lowest BCUT2D eigenvalue weighted by Gasteiger charge is -2.10. The van der Waals surface area contributed by atoms with Gasteiger partial charge in [-0.15, -0.1) is 0 Å². The van der Waals surface area contributed by atoms with E-state index in [9.17, 15) is 9.18 Å². The Morgan fingerprint density at radius 1 is 1.00 bits per heavy atom. The Balaban J connectivity index is 1.60. The summed E-state index contributed by atoms with van der Waals surface area (Å²) in [5.74, 6) is -0.404. The molecule has 0 aromatic heterocycles. The summed E-state index contributed by atoms with van der Waals surface area (Å²) in [6, 6.07) is 17.7. The van der Waals surface area contributed by atoms with Crippen LogP contribution in [0.1, 0.15) is 5.56 Å². The molecule has 0 heterocycles. The average Bonchev–Trinajstić information content (AvgIpc) is 2.61. The molecular weight excluding hydrogens is 375 g/mol. The van der Waals surface area contributed by atoms with Crippen LogP contribution in [0.15, 0.2) is 65.1 Å². The highest BCUT2D eigenvalue weighted by atomic mass is 79.9. The lowest BCUT2D eigenvalue weighted by molar-refractivity contribution is -0.147. The fraction of sp³-hybridized carbons (Fsp3) is 0.105. The molecule has 0 atom stereocenters. The molecule has 0 spiro atoms. The first-order chi connectivity index (χ1) is 11.6. The van der Waals surface area contributed by atoms with Gasteiger partial charge in [0.15, 0.2) is 6.61 Å². The second kappa shape index (κ2) is 7.45. The quantitative estimate of drug-likeness (QED) is 0.585. The van der Waals surface area contributed by atoms with Gasteiger partial charge in [0.2, 0.25) is 0 Å². The van der Waals surface area contributed by atoms with Gasteiger partial charge in [0.25, 0.3) is 0 Å². The number of hydrogen-bond donors (Lipinski definition) is 0. The van der Waals surface area contributed by atoms with E-state index in [4.69, 9.17) is 9.47 Å². The third kappa shape index (κ3) is 3.74. The van der Waals surface area contributed by atoms with Gasteiger partial charge >= 0.3 is 5.97 Å². The highest BCUT2D eigenvalue weighted by Gasteiger charge is 2.10. The number of hydrogen-bond acceptors (Lipinski definition) is 3. The van der Waals surface area contributed by atoms with E-state index in [1.54, 1.807) is 24.3 Å². The highest BCUT2D eigenvalue weighted by molar-refractivity contribution is 9.10. The predicted molar refractivity (Wildman–Crippen MR) is 93.3 cm³/mol. The van der Waals surface area contributed by atoms with Crippen molar-refractivity contribution in [1.29, 1.82) is 0 Å². The molecule has 0 bridgehead atoms. The van der Waals surface area contributed by atoms with Crippen LogP contribution >= 0.6 is 15.9 Å². The molecule has 0 aliphatic rings. The monoisotopic (exact) mass is 388 g/mol. The minimum absolute atomic E-state index is 0.117. The summed E-state index contributed by atoms with van der Waals surface area (Å²) in [7, 11) is 0. The molecule has 0 N–H and O–H groups in total. The first-order valence-corrected chi connectivity index (χ1v) is 8.13. The van der Waals surface area contributed by atoms with Crippen LogP contribution in [0.3, 0.4) is 0 Å². The van der Waals surface area contributed by atoms with Crippen molar-refractivity contribution in [1.82, 2.24) is 0 Å². The summed E-state index contributed by atoms with van der Waals surface area (Å²) in [4.78, 5) is 11.8. The largest absolute Gasteiger partial charge is 0.481 e. The van der Waals surface area contributed by atoms with Crippen LogP contribution in [-0.4, -0.2) is 12.6 Å². The second-order valence-electron chi connectivity index (χ2n) is 5.14. The van der Waals surface area contributed by atoms with E-state index in [1.807, 2.05) is 30.3 Å². The maximum atomic E-state index is 13.5. The number of rotatable bonds is 5. The maximum Gasteiger partial charge on any atom is 0.344 e. The number of ether oxygens (including phenoxy) is 2. The van der Waals surface area contributed by atoms with E-state index in [2.05, 4.69) is 15.9 Å². The molecule has 0 saturated carbocycles. The average molecular weight is 389 g/mol. The Kier molecular flexibility index (Phi) is 5.11. The van der Waals surface area contributed by atoms with Crippen molar-refractivity contribution in [2.45, 2.75) is 6.61 Å². The van der Waals surface area contributed by atoms with Gasteiger partial charge in [-0.05, 0) is 38.8 Å². The summed E-state index contributed by atoms with van der Waals surface area (Å²) in [6.45, 7) is -0.362. The molecule has 0 unspecified atom stereocenters. The van der Waals surface area contributed by atoms with E-state index >= 15 is 0 Å². The molecule has 0 saturated heterocycles. The van der Waals surface area contributed by atoms with E-state index in [-0.39, 0.29) is 13.2 Å². The molecule has 0 aliphatic heterocycles. The van der Waals surface area contributed by atoms with Crippen LogP contribution in [0, 0.1) is 5.82 Å². The molecule has 0 fully saturated rings. The molecular formula is C19H14BrFO3. The van der Waals surface area contributed by atoms with E-state index in [0.29, 0.717) is 11.3 Å². The summed E-state index contributed by atoms with van der Waals surface area (Å²) < 4.78 is 24.8. The summed E-state index contributed by atoms with van der Waals surface area (Å²) >= 11 is 3.49. The lowest BCUT2D eigenvalue weighted by atomic mass is 10.1. The van der Waals surface area contributed by atoms with Gasteiger partial charge in [-0.25, -0.2) is 9.18 Å². The van der Waals surface area contributed by atoms with Gasteiger partial charge in [0, 0.05) is 5.56 Å². The van der Waals surface area contributed by atoms with Crippen LogP contribution in [0.4, 0.5) is 4.39 Å². The third-order valence-electron chi connectivity index (χ3n) is 3.52. The van der Waals surface area contributed by atoms with Gasteiger partial charge in [0.1, 0.15) is 18.2 Å². The van der Waals surface area contributed by atoms with E-state index < -0.39 is 11.8 Å². The molecule has 3 aromatic rings. The zero-order chi connectivity index (χ0) is 16.9. The van der Waals surface area contributed by atoms with Crippen molar-refractivity contribution < 1.29 is 18.7 Å². The summed E-state index contributed by atoms with van der Waals surface area (Å²) in [5, 5.41) is 2.06. The van der Waals surface area contributed by atoms with E-state index in [1.165, 1.54) is 6.07 Å². The highest BCUT2D eigenvalue weighted by Crippen LogP contribution is 2.32. The topological polar surface area (TPSA) is 35.5 Å². The first-order valence-electron chi connectivity index (χ1n) is 7.34. The Hall–Kier alpha value is -2.40. The fourth-order valence-electron chi connectivity index (χ4n) is 2.28. The number of carbonyl (C=O) groups excluding carboxylic acids is 1. The van der Waals surface area contributed by atoms with Crippen LogP contribution < -0.4 is 4.74 Å². The Morgan fingerprint density at radius 2 is 1.75 bits per heavy atom. The zero-order valence-corrected chi connectivity index (χ0v) is 14.3. The number of halogens is 2. The molecule has 3 rings (SSSR count). The van der Waals surface area contributed by atoms with Crippen LogP contribution in [0.5, 0.6) is 5.75 Å². The summed E-state index contributed by atoms with van der Waals surface area (Å²) in [6.07, 6.45) is 0. The number of esters is 1. The second-order valence-corrected chi connectivity index (χ2v) is 5.93. The minimum atomic E-state index is -0.557. The van der Waals surface area contributed by atoms with Crippen LogP contribution in [0.2, 0.25) is 0 Å². The first kappa shape index (κ1) is 16.5. The lowest BCUT2D eigenvalue weighted by Crippen LogP contribution is -2.15. The standard InChI is InChI=1S/C19H14BrFO3/c20-19-15-7-3-1-5-13(15)9-10-17(19)23-12-18(22)24-11-14-6-2-4-8-16(14)21/h1-10H,11-12H2. The van der Waals surface area contributed by atoms with Gasteiger partial charge in [-0.2, -0.15) is 0 Å². The van der Waals surface area contributed by atoms with Crippen molar-refractivity contribution in [3.8, 4) is 5.75 Å². The molecule has 0 aliphatic carbocycles. The van der Waals surface area contributed by atoms with Gasteiger partial charge in [-0.1, -0.05) is 48.5 Å². The molecule has 3 aromatic carbocycles. The zero-order valence-electron chi connectivity index (χ0n) is 12.7. The van der Waals surface area contributed by atoms with Crippen molar-refractivity contribution in [3.63, 3.8) is 0 Å². The van der Waals surface area contributed by atoms with Crippen LogP contribution in [0.25, 0.3) is 10.8 Å². The fourth-order valence-corrected chi connectivity index (χ4v) is 2.88. The SMILES string of the molecule is O=C(COc1ccc2ccccc2c1Br)OCc1ccccc1F. The van der Waals surface area contributed by atoms with Gasteiger partial charge in [-0.3, -0.25) is 0 Å². The van der Waals surface area contributed by atoms with Crippen molar-refractivity contribution in [3.05, 3.63) is 76.5 Å². The third-order valence-corrected chi connectivity index (χ3v) is 4.34. The van der Waals surface area contributed by atoms with Crippen molar-refractivity contribution in [2.75, 3.05) is 6.61 Å². The Morgan fingerprint density at radius 3 is 2.58 bits per heavy atom. The van der Waals surface area contributed by atoms with E-state index in [0.717, 1.165) is 15.2 Å². The molecule has 122 valence electrons. The van der Waals surface area contributed by atoms with Gasteiger partial charge in [0.05, 0.1) is 4.47 Å². The molecule has 0 amide bonds. The predicted octanol–water partition coefficient (Wildman–Crippen LogP) is 4.86. The normalized spacial score (nSPS) is 10.6. The van der Waals surface area contributed by atoms with Crippen molar-refractivity contribution >= 4 is 32.7 Å². The smallest absolute Gasteiger partial charge is 0.344 e. The number of benzene rings is 3. The Bertz CT molecular complexity index is 879. The molecule has 24 heavy (non-hydrogen) atoms. The number of carbonyl (C=O) groups is 1. The van der Waals surface area contributed by atoms with Gasteiger partial charge < -0.3 is 9.47 Å². The molecule has 5 heteroatoms. The van der Waals surface area contributed by atoms with Crippen molar-refractivity contribution in [2.24, 2.45) is 0 Å². The molecule has 0 radical (unpaired) electrons. The molecule has 3 nitrogen and oxygen atoms in total.